The number of aromatic carboxylic acids is 1. The molecule has 5 N–H and O–H groups in total. The Morgan fingerprint density at radius 2 is 0.672 bits per heavy atom. The van der Waals surface area contributed by atoms with Crippen molar-refractivity contribution in [3.63, 3.8) is 0 Å². The van der Waals surface area contributed by atoms with E-state index in [1.165, 1.54) is 166 Å². The van der Waals surface area contributed by atoms with Gasteiger partial charge in [-0.25, -0.2) is 4.79 Å². The zero-order valence-electron chi connectivity index (χ0n) is 72.5. The fourth-order valence-electron chi connectivity index (χ4n) is 13.7. The van der Waals surface area contributed by atoms with Crippen LogP contribution in [0.5, 0.6) is 5.75 Å². The molecule has 0 aliphatic carbocycles. The Labute approximate surface area is 717 Å². The summed E-state index contributed by atoms with van der Waals surface area (Å²) in [5.74, 6) is -0.696. The number of pyridine rings is 1. The Balaban J connectivity index is 0.000000216. The molecule has 626 valence electrons. The number of carboxylic acids is 1. The quantitative estimate of drug-likeness (QED) is 0.0130. The molecule has 119 heavy (non-hydrogen) atoms. The van der Waals surface area contributed by atoms with Gasteiger partial charge in [0.05, 0.1) is 22.9 Å². The topological polar surface area (TPSA) is 206 Å². The van der Waals surface area contributed by atoms with Crippen molar-refractivity contribution in [2.75, 3.05) is 11.9 Å². The van der Waals surface area contributed by atoms with Crippen LogP contribution in [0, 0.1) is 108 Å². The Hall–Kier alpha value is -10.3. The highest BCUT2D eigenvalue weighted by Gasteiger charge is 2.13. The first-order valence-electron chi connectivity index (χ1n) is 41.4. The zero-order valence-corrected chi connectivity index (χ0v) is 75.1. The van der Waals surface area contributed by atoms with Crippen LogP contribution < -0.4 is 0 Å². The van der Waals surface area contributed by atoms with E-state index in [2.05, 4.69) is 272 Å². The Morgan fingerprint density at radius 3 is 1.00 bits per heavy atom. The van der Waals surface area contributed by atoms with Gasteiger partial charge in [-0.2, -0.15) is 13.7 Å². The summed E-state index contributed by atoms with van der Waals surface area (Å²) in [4.78, 5) is 33.3. The third kappa shape index (κ3) is 37.3. The predicted molar refractivity (Wildman–Crippen MR) is 502 cm³/mol. The molecule has 12 aromatic rings. The maximum Gasteiger partial charge on any atom is 0.335 e. The molecule has 12 rings (SSSR count). The Kier molecular flexibility index (Phi) is 41.5. The summed E-state index contributed by atoms with van der Waals surface area (Å²) in [6.45, 7) is 29.6. The average Bonchev–Trinajstić information content (AvgIpc) is 0.842. The molecule has 0 saturated heterocycles. The number of thiol groups is 1. The number of unbranched alkanes of at least 4 members (excludes halogenated alkanes) is 9. The number of benzene rings is 11. The number of aromatic hydroxyl groups is 1. The number of rotatable bonds is 26. The second kappa shape index (κ2) is 50.6. The minimum absolute atomic E-state index is 0.0243. The lowest BCUT2D eigenvalue weighted by atomic mass is 9.98. The fourth-order valence-corrected chi connectivity index (χ4v) is 15.0. The molecule has 0 fully saturated rings. The first kappa shape index (κ1) is 97.6. The number of hydrogen-bond donors (Lipinski definition) is 6. The van der Waals surface area contributed by atoms with Gasteiger partial charge < -0.3 is 20.0 Å². The van der Waals surface area contributed by atoms with E-state index in [4.69, 9.17) is 24.7 Å². The number of nitrogens with zero attached hydrogens (tertiary/aromatic N) is 2. The Morgan fingerprint density at radius 1 is 0.378 bits per heavy atom. The van der Waals surface area contributed by atoms with Crippen LogP contribution >= 0.6 is 20.2 Å². The van der Waals surface area contributed by atoms with E-state index in [0.717, 1.165) is 73.0 Å². The van der Waals surface area contributed by atoms with Gasteiger partial charge in [0.15, 0.2) is 0 Å². The van der Waals surface area contributed by atoms with Gasteiger partial charge in [-0.3, -0.25) is 14.1 Å². The lowest BCUT2D eigenvalue weighted by Crippen LogP contribution is -2.03. The summed E-state index contributed by atoms with van der Waals surface area (Å²) in [6, 6.07) is 82.1. The number of phenolic OH excluding ortho intramolecular Hbond substituents is 1. The number of nitriles is 1. The van der Waals surface area contributed by atoms with Crippen LogP contribution in [0.2, 0.25) is 0 Å². The third-order valence-corrected chi connectivity index (χ3v) is 22.9. The standard InChI is InChI=1S/C19H25N.C15H13N.C15H14O2.C14H23O3P.C14H22O3S.C14H14O.C14H14S/c1-16-9-10-17(2)19(15-16)8-6-4-3-5-7-18-11-13-20-14-12-18;1-11-3-4-12(2)15(9-11)14-7-5-13(10-16)6-8-14;1-10-3-4-11(2)14(9-10)12-5-7-13(8-6-12)15(16)17;2*1-12-8-9-13(2)14(11-12)7-5-3-4-6-10-18(15,16)17;2*1-10-3-4-11(2)14(9-10)12-5-7-13(15)8-6-12/h9-15H,3-8H2,1-2H3;3-9H,1-2H3;3-9H,1-2H3,(H,16,17);8-9,11H,3-7,10H2,1-2H3,(H2,15,16,17);8-9,11H,3-7,10H2,1-2H3,(H,15,16,17);2*3-9,15H,1-2H3. The molecule has 0 saturated carbocycles. The van der Waals surface area contributed by atoms with Crippen LogP contribution in [-0.2, 0) is 40.4 Å². The second-order valence-electron chi connectivity index (χ2n) is 31.5. The third-order valence-electron chi connectivity index (χ3n) is 20.9. The molecular weight excluding hydrogens is 1530 g/mol. The number of aromatic nitrogens is 1. The Bertz CT molecular complexity index is 5250. The highest BCUT2D eigenvalue weighted by Crippen LogP contribution is 2.36. The van der Waals surface area contributed by atoms with Gasteiger partial charge in [0.25, 0.3) is 10.1 Å². The molecule has 11 nitrogen and oxygen atoms in total. The van der Waals surface area contributed by atoms with Gasteiger partial charge in [0, 0.05) is 23.5 Å². The molecule has 0 aliphatic heterocycles. The molecule has 11 aromatic carbocycles. The summed E-state index contributed by atoms with van der Waals surface area (Å²) in [7, 11) is -7.56. The van der Waals surface area contributed by atoms with Gasteiger partial charge in [-0.15, -0.1) is 12.6 Å². The van der Waals surface area contributed by atoms with Gasteiger partial charge in [0.2, 0.25) is 0 Å². The lowest BCUT2D eigenvalue weighted by molar-refractivity contribution is 0.0696. The van der Waals surface area contributed by atoms with Gasteiger partial charge in [-0.1, -0.05) is 253 Å². The van der Waals surface area contributed by atoms with Crippen LogP contribution in [-0.4, -0.2) is 55.8 Å². The van der Waals surface area contributed by atoms with Crippen LogP contribution in [0.3, 0.4) is 0 Å². The minimum atomic E-state index is -3.79. The molecule has 0 radical (unpaired) electrons. The van der Waals surface area contributed by atoms with E-state index < -0.39 is 23.7 Å². The minimum Gasteiger partial charge on any atom is -0.508 e. The smallest absolute Gasteiger partial charge is 0.335 e. The van der Waals surface area contributed by atoms with Crippen molar-refractivity contribution in [2.24, 2.45) is 0 Å². The van der Waals surface area contributed by atoms with Crippen molar-refractivity contribution in [3.8, 4) is 56.3 Å². The summed E-state index contributed by atoms with van der Waals surface area (Å²) >= 11 is 4.29. The summed E-state index contributed by atoms with van der Waals surface area (Å²) < 4.78 is 40.3. The van der Waals surface area contributed by atoms with Crippen molar-refractivity contribution in [3.05, 3.63) is 360 Å². The van der Waals surface area contributed by atoms with Gasteiger partial charge in [0.1, 0.15) is 5.75 Å². The van der Waals surface area contributed by atoms with Crippen molar-refractivity contribution in [2.45, 2.75) is 205 Å². The van der Waals surface area contributed by atoms with Crippen molar-refractivity contribution < 1.29 is 42.3 Å². The summed E-state index contributed by atoms with van der Waals surface area (Å²) in [6.07, 6.45) is 20.7. The number of carbonyl (C=O) groups is 1. The average molecular weight is 1650 g/mol. The number of phenols is 1. The SMILES string of the molecule is Cc1ccc(C)c(-c2ccc(C#N)cc2)c1.Cc1ccc(C)c(-c2ccc(C(=O)O)cc2)c1.Cc1ccc(C)c(-c2ccc(O)cc2)c1.Cc1ccc(C)c(-c2ccc(S)cc2)c1.Cc1ccc(C)c(CCCCCCP(=O)(O)O)c1.Cc1ccc(C)c(CCCCCCS(=O)(=O)O)c1.Cc1ccc(C)c(CCCCCCc2ccncc2)c1. The van der Waals surface area contributed by atoms with Gasteiger partial charge >= 0.3 is 13.6 Å². The molecule has 1 heterocycles. The number of carboxylic acid groups (broad SMARTS) is 1. The zero-order chi connectivity index (χ0) is 87.0. The maximum absolute atomic E-state index is 10.8. The van der Waals surface area contributed by atoms with Gasteiger partial charge in [-0.05, 0) is 328 Å². The highest BCUT2D eigenvalue weighted by molar-refractivity contribution is 7.85. The second-order valence-corrected chi connectivity index (χ2v) is 35.4. The number of aryl methyl sites for hydroxylation is 18. The summed E-state index contributed by atoms with van der Waals surface area (Å²) in [5.41, 5.74) is 34.4. The van der Waals surface area contributed by atoms with Crippen LogP contribution in [0.1, 0.15) is 193 Å². The van der Waals surface area contributed by atoms with Crippen molar-refractivity contribution in [1.29, 1.82) is 5.26 Å². The van der Waals surface area contributed by atoms with E-state index >= 15 is 0 Å². The normalized spacial score (nSPS) is 10.7. The van der Waals surface area contributed by atoms with Crippen LogP contribution in [0.15, 0.2) is 254 Å². The molecule has 1 aromatic heterocycles. The molecular formula is C105H125N2O9PS2. The molecule has 14 heteroatoms. The van der Waals surface area contributed by atoms with Crippen molar-refractivity contribution in [1.82, 2.24) is 4.98 Å². The first-order chi connectivity index (χ1) is 56.6. The largest absolute Gasteiger partial charge is 0.508 e. The molecule has 0 atom stereocenters. The van der Waals surface area contributed by atoms with Crippen molar-refractivity contribution >= 4 is 36.3 Å². The first-order valence-corrected chi connectivity index (χ1v) is 45.3. The maximum atomic E-state index is 10.8. The molecule has 0 spiro atoms. The van der Waals surface area contributed by atoms with E-state index in [1.54, 1.807) is 24.3 Å². The summed E-state index contributed by atoms with van der Waals surface area (Å²) in [5, 5.41) is 26.8. The predicted octanol–water partition coefficient (Wildman–Crippen LogP) is 27.4. The molecule has 0 aliphatic rings. The van der Waals surface area contributed by atoms with E-state index in [1.807, 2.05) is 73.1 Å². The van der Waals surface area contributed by atoms with E-state index in [9.17, 15) is 22.9 Å². The van der Waals surface area contributed by atoms with Crippen LogP contribution in [0.25, 0.3) is 44.5 Å². The van der Waals surface area contributed by atoms with E-state index in [-0.39, 0.29) is 11.9 Å². The molecule has 0 amide bonds. The molecule has 0 unspecified atom stereocenters. The lowest BCUT2D eigenvalue weighted by Gasteiger charge is -2.07. The highest BCUT2D eigenvalue weighted by atomic mass is 32.2. The monoisotopic (exact) mass is 1650 g/mol. The number of hydrogen-bond acceptors (Lipinski definition) is 8. The molecule has 0 bridgehead atoms. The van der Waals surface area contributed by atoms with Crippen LogP contribution in [0.4, 0.5) is 0 Å². The van der Waals surface area contributed by atoms with E-state index in [0.29, 0.717) is 29.7 Å². The fraction of sp³-hybridized carbons (Fsp3) is 0.305.